The van der Waals surface area contributed by atoms with Gasteiger partial charge in [-0.05, 0) is 49.7 Å². The lowest BCUT2D eigenvalue weighted by Crippen LogP contribution is -2.32. The number of allylic oxidation sites excluding steroid dienone is 2. The summed E-state index contributed by atoms with van der Waals surface area (Å²) in [5.74, 6) is -0.576. The lowest BCUT2D eigenvalue weighted by atomic mass is 9.98. The number of ether oxygens (including phenoxy) is 2. The summed E-state index contributed by atoms with van der Waals surface area (Å²) in [4.78, 5) is 11.2. The minimum atomic E-state index is -1.27. The highest BCUT2D eigenvalue weighted by atomic mass is 16.6. The van der Waals surface area contributed by atoms with Gasteiger partial charge in [-0.15, -0.1) is 0 Å². The molecule has 0 saturated heterocycles. The van der Waals surface area contributed by atoms with E-state index in [0.29, 0.717) is 12.0 Å². The van der Waals surface area contributed by atoms with Gasteiger partial charge in [0.1, 0.15) is 0 Å². The summed E-state index contributed by atoms with van der Waals surface area (Å²) in [5, 5.41) is 19.9. The zero-order chi connectivity index (χ0) is 19.8. The Morgan fingerprint density at radius 1 is 1.04 bits per heavy atom. The lowest BCUT2D eigenvalue weighted by Gasteiger charge is -2.28. The van der Waals surface area contributed by atoms with Gasteiger partial charge in [0.15, 0.2) is 6.29 Å². The highest BCUT2D eigenvalue weighted by Gasteiger charge is 2.34. The number of esters is 1. The molecule has 0 aromatic heterocycles. The van der Waals surface area contributed by atoms with Gasteiger partial charge < -0.3 is 19.7 Å². The van der Waals surface area contributed by atoms with Crippen LogP contribution in [-0.2, 0) is 20.7 Å². The molecule has 28 heavy (non-hydrogen) atoms. The first kappa shape index (κ1) is 20.5. The highest BCUT2D eigenvalue weighted by Crippen LogP contribution is 2.29. The fraction of sp³-hybridized carbons (Fsp3) is 0.435. The first-order valence-electron chi connectivity index (χ1n) is 9.95. The Kier molecular flexibility index (Phi) is 7.60. The van der Waals surface area contributed by atoms with E-state index >= 15 is 0 Å². The Hall–Kier alpha value is -2.21. The molecule has 0 fully saturated rings. The smallest absolute Gasteiger partial charge is 0.333 e. The van der Waals surface area contributed by atoms with Crippen molar-refractivity contribution < 1.29 is 24.5 Å². The fourth-order valence-electron chi connectivity index (χ4n) is 3.49. The molecule has 2 aliphatic rings. The van der Waals surface area contributed by atoms with Crippen molar-refractivity contribution in [2.45, 2.75) is 63.6 Å². The number of carbonyl (C=O) groups is 1. The van der Waals surface area contributed by atoms with E-state index in [1.54, 1.807) is 0 Å². The standard InChI is InChI=1S/C23H28O5/c24-21-16-19(23(26)28-21)20-15-14-18(22(25)27-20)13-9-4-2-1-3-6-10-17-11-7-5-8-12-17/h3,5-8,11-12,14,16,20,22-23,25-26H,1-2,4,9-10,13,15H2/b6-3+. The van der Waals surface area contributed by atoms with Gasteiger partial charge in [0.2, 0.25) is 6.29 Å². The summed E-state index contributed by atoms with van der Waals surface area (Å²) in [6, 6.07) is 10.4. The largest absolute Gasteiger partial charge is 0.429 e. The number of rotatable bonds is 9. The predicted octanol–water partition coefficient (Wildman–Crippen LogP) is 3.57. The maximum absolute atomic E-state index is 11.2. The molecule has 2 N–H and O–H groups in total. The van der Waals surface area contributed by atoms with Gasteiger partial charge in [0.25, 0.3) is 0 Å². The van der Waals surface area contributed by atoms with Crippen LogP contribution in [0.3, 0.4) is 0 Å². The lowest BCUT2D eigenvalue weighted by molar-refractivity contribution is -0.155. The van der Waals surface area contributed by atoms with Crippen LogP contribution in [0.25, 0.3) is 0 Å². The Labute approximate surface area is 166 Å². The van der Waals surface area contributed by atoms with Crippen molar-refractivity contribution in [1.29, 1.82) is 0 Å². The molecule has 0 spiro atoms. The van der Waals surface area contributed by atoms with Crippen molar-refractivity contribution in [1.82, 2.24) is 0 Å². The van der Waals surface area contributed by atoms with E-state index in [2.05, 4.69) is 41.2 Å². The van der Waals surface area contributed by atoms with Crippen LogP contribution in [0, 0.1) is 0 Å². The van der Waals surface area contributed by atoms with Crippen LogP contribution in [0.5, 0.6) is 0 Å². The number of carbonyl (C=O) groups excluding carboxylic acids is 1. The zero-order valence-corrected chi connectivity index (χ0v) is 16.0. The second-order valence-corrected chi connectivity index (χ2v) is 7.19. The van der Waals surface area contributed by atoms with Gasteiger partial charge >= 0.3 is 5.97 Å². The van der Waals surface area contributed by atoms with Crippen molar-refractivity contribution in [2.75, 3.05) is 0 Å². The van der Waals surface area contributed by atoms with Crippen LogP contribution in [0.1, 0.15) is 44.1 Å². The van der Waals surface area contributed by atoms with E-state index in [9.17, 15) is 15.0 Å². The number of hydrogen-bond acceptors (Lipinski definition) is 5. The van der Waals surface area contributed by atoms with E-state index in [4.69, 9.17) is 4.74 Å². The molecule has 150 valence electrons. The molecule has 3 rings (SSSR count). The number of cyclic esters (lactones) is 1. The molecule has 1 aromatic carbocycles. The molecule has 0 saturated carbocycles. The Bertz CT molecular complexity index is 735. The molecule has 5 nitrogen and oxygen atoms in total. The third kappa shape index (κ3) is 5.89. The van der Waals surface area contributed by atoms with Crippen molar-refractivity contribution in [3.8, 4) is 0 Å². The first-order chi connectivity index (χ1) is 13.6. The van der Waals surface area contributed by atoms with Crippen LogP contribution in [0.4, 0.5) is 0 Å². The molecular formula is C23H28O5. The Balaban J connectivity index is 1.32. The average Bonchev–Trinajstić information content (AvgIpc) is 3.04. The third-order valence-electron chi connectivity index (χ3n) is 5.07. The van der Waals surface area contributed by atoms with Crippen molar-refractivity contribution in [3.05, 3.63) is 71.3 Å². The molecule has 0 bridgehead atoms. The second-order valence-electron chi connectivity index (χ2n) is 7.19. The summed E-state index contributed by atoms with van der Waals surface area (Å²) in [6.07, 6.45) is 11.4. The van der Waals surface area contributed by atoms with Gasteiger partial charge in [-0.1, -0.05) is 55.0 Å². The molecule has 0 radical (unpaired) electrons. The summed E-state index contributed by atoms with van der Waals surface area (Å²) >= 11 is 0. The van der Waals surface area contributed by atoms with Crippen LogP contribution in [0.2, 0.25) is 0 Å². The second kappa shape index (κ2) is 10.4. The van der Waals surface area contributed by atoms with Crippen molar-refractivity contribution >= 4 is 5.97 Å². The van der Waals surface area contributed by atoms with E-state index in [1.165, 1.54) is 11.6 Å². The number of aliphatic hydroxyl groups excluding tert-OH is 2. The minimum absolute atomic E-state index is 0.377. The molecule has 5 heteroatoms. The molecule has 0 amide bonds. The molecule has 3 atom stereocenters. The first-order valence-corrected chi connectivity index (χ1v) is 9.95. The zero-order valence-electron chi connectivity index (χ0n) is 16.0. The molecule has 0 aliphatic carbocycles. The average molecular weight is 384 g/mol. The third-order valence-corrected chi connectivity index (χ3v) is 5.07. The minimum Gasteiger partial charge on any atom is -0.429 e. The molecule has 3 unspecified atom stereocenters. The topological polar surface area (TPSA) is 76.0 Å². The van der Waals surface area contributed by atoms with Gasteiger partial charge in [-0.3, -0.25) is 0 Å². The Morgan fingerprint density at radius 3 is 2.57 bits per heavy atom. The van der Waals surface area contributed by atoms with Crippen LogP contribution >= 0.6 is 0 Å². The maximum Gasteiger partial charge on any atom is 0.333 e. The van der Waals surface area contributed by atoms with Crippen molar-refractivity contribution in [2.24, 2.45) is 0 Å². The summed E-state index contributed by atoms with van der Waals surface area (Å²) in [7, 11) is 0. The van der Waals surface area contributed by atoms with Gasteiger partial charge in [-0.25, -0.2) is 4.79 Å². The summed E-state index contributed by atoms with van der Waals surface area (Å²) in [5.41, 5.74) is 2.57. The summed E-state index contributed by atoms with van der Waals surface area (Å²) < 4.78 is 10.2. The number of aliphatic hydroxyl groups is 2. The Morgan fingerprint density at radius 2 is 1.86 bits per heavy atom. The maximum atomic E-state index is 11.2. The van der Waals surface area contributed by atoms with Crippen LogP contribution in [-0.4, -0.2) is 34.9 Å². The van der Waals surface area contributed by atoms with Gasteiger partial charge in [-0.2, -0.15) is 0 Å². The number of unbranched alkanes of at least 4 members (excludes halogenated alkanes) is 3. The van der Waals surface area contributed by atoms with Crippen LogP contribution in [0.15, 0.2) is 65.8 Å². The quantitative estimate of drug-likeness (QED) is 0.387. The molecule has 1 aromatic rings. The van der Waals surface area contributed by atoms with E-state index < -0.39 is 24.7 Å². The van der Waals surface area contributed by atoms with E-state index in [1.807, 2.05) is 12.1 Å². The normalized spacial score (nSPS) is 24.9. The highest BCUT2D eigenvalue weighted by molar-refractivity contribution is 5.85. The van der Waals surface area contributed by atoms with Gasteiger partial charge in [0, 0.05) is 11.6 Å². The number of benzene rings is 1. The van der Waals surface area contributed by atoms with E-state index in [-0.39, 0.29) is 0 Å². The molecule has 2 aliphatic heterocycles. The number of hydrogen-bond donors (Lipinski definition) is 2. The molecule has 2 heterocycles. The predicted molar refractivity (Wildman–Crippen MR) is 106 cm³/mol. The van der Waals surface area contributed by atoms with E-state index in [0.717, 1.165) is 44.1 Å². The van der Waals surface area contributed by atoms with Crippen molar-refractivity contribution in [3.63, 3.8) is 0 Å². The monoisotopic (exact) mass is 384 g/mol. The summed E-state index contributed by atoms with van der Waals surface area (Å²) in [6.45, 7) is 0. The molecular weight excluding hydrogens is 356 g/mol. The van der Waals surface area contributed by atoms with Gasteiger partial charge in [0.05, 0.1) is 6.10 Å². The fourth-order valence-corrected chi connectivity index (χ4v) is 3.49. The van der Waals surface area contributed by atoms with Crippen LogP contribution < -0.4 is 0 Å². The SMILES string of the molecule is O=C1C=C(C2CC=C(CCCCC/C=C/Cc3ccccc3)C(O)O2)C(O)O1.